The minimum absolute atomic E-state index is 0.0757. The molecule has 4 unspecified atom stereocenters. The van der Waals surface area contributed by atoms with Gasteiger partial charge in [-0.3, -0.25) is 14.4 Å². The lowest BCUT2D eigenvalue weighted by Gasteiger charge is -2.36. The molecule has 8 nitrogen and oxygen atoms in total. The van der Waals surface area contributed by atoms with Crippen molar-refractivity contribution in [2.75, 3.05) is 13.1 Å². The van der Waals surface area contributed by atoms with Gasteiger partial charge in [0.2, 0.25) is 0 Å². The van der Waals surface area contributed by atoms with Crippen LogP contribution in [0.5, 0.6) is 0 Å². The van der Waals surface area contributed by atoms with E-state index in [1.54, 1.807) is 0 Å². The molecule has 0 saturated heterocycles. The van der Waals surface area contributed by atoms with Gasteiger partial charge < -0.3 is 28.7 Å². The van der Waals surface area contributed by atoms with Crippen molar-refractivity contribution in [3.8, 4) is 0 Å². The zero-order valence-electron chi connectivity index (χ0n) is 39.0. The summed E-state index contributed by atoms with van der Waals surface area (Å²) in [5, 5.41) is 0. The van der Waals surface area contributed by atoms with Crippen LogP contribution in [0.1, 0.15) is 245 Å². The molecule has 59 heavy (non-hydrogen) atoms. The monoisotopic (exact) mass is 830 g/mol. The number of hydrogen-bond acceptors (Lipinski definition) is 8. The summed E-state index contributed by atoms with van der Waals surface area (Å²) >= 11 is 0. The molecular formula is C51H99N5O3. The SMILES string of the molecule is CCCCCCCCC=CCCCCCCCC(=O)CCC(N)C(N)(C(=O)CCCCCCCC=CCCCCCCCC)C(=O)C(CCCN)CCC(N)CCCN. The van der Waals surface area contributed by atoms with Gasteiger partial charge in [0.05, 0.1) is 0 Å². The van der Waals surface area contributed by atoms with Gasteiger partial charge in [-0.25, -0.2) is 0 Å². The number of ketones is 3. The third kappa shape index (κ3) is 31.7. The maximum Gasteiger partial charge on any atom is 0.164 e. The summed E-state index contributed by atoms with van der Waals surface area (Å²) in [4.78, 5) is 41.4. The number of rotatable bonds is 46. The Bertz CT molecular complexity index is 1050. The molecule has 0 fully saturated rings. The van der Waals surface area contributed by atoms with E-state index >= 15 is 0 Å². The van der Waals surface area contributed by atoms with E-state index < -0.39 is 17.5 Å². The van der Waals surface area contributed by atoms with Crippen LogP contribution in [0.3, 0.4) is 0 Å². The highest BCUT2D eigenvalue weighted by molar-refractivity contribution is 6.13. The third-order valence-corrected chi connectivity index (χ3v) is 12.4. The summed E-state index contributed by atoms with van der Waals surface area (Å²) in [5.74, 6) is -0.916. The largest absolute Gasteiger partial charge is 0.330 e. The first-order chi connectivity index (χ1) is 28.7. The van der Waals surface area contributed by atoms with Crippen molar-refractivity contribution < 1.29 is 14.4 Å². The molecule has 346 valence electrons. The average molecular weight is 830 g/mol. The molecule has 0 aromatic heterocycles. The minimum Gasteiger partial charge on any atom is -0.330 e. The average Bonchev–Trinajstić information content (AvgIpc) is 3.24. The molecule has 0 amide bonds. The van der Waals surface area contributed by atoms with E-state index in [0.29, 0.717) is 51.6 Å². The van der Waals surface area contributed by atoms with Crippen LogP contribution >= 0.6 is 0 Å². The van der Waals surface area contributed by atoms with E-state index in [4.69, 9.17) is 28.7 Å². The Hall–Kier alpha value is -1.71. The fourth-order valence-corrected chi connectivity index (χ4v) is 8.20. The lowest BCUT2D eigenvalue weighted by atomic mass is 9.72. The molecule has 8 heteroatoms. The normalized spacial score (nSPS) is 14.6. The predicted octanol–water partition coefficient (Wildman–Crippen LogP) is 11.8. The van der Waals surface area contributed by atoms with Crippen LogP contribution in [0, 0.1) is 5.92 Å². The summed E-state index contributed by atoms with van der Waals surface area (Å²) < 4.78 is 0. The molecule has 0 spiro atoms. The summed E-state index contributed by atoms with van der Waals surface area (Å²) in [7, 11) is 0. The third-order valence-electron chi connectivity index (χ3n) is 12.4. The predicted molar refractivity (Wildman–Crippen MR) is 255 cm³/mol. The highest BCUT2D eigenvalue weighted by Gasteiger charge is 2.48. The van der Waals surface area contributed by atoms with Crippen molar-refractivity contribution in [1.82, 2.24) is 0 Å². The van der Waals surface area contributed by atoms with Gasteiger partial charge in [-0.1, -0.05) is 141 Å². The Labute approximate surface area is 365 Å². The first kappa shape index (κ1) is 57.3. The van der Waals surface area contributed by atoms with Crippen LogP contribution in [-0.4, -0.2) is 48.1 Å². The van der Waals surface area contributed by atoms with Crippen molar-refractivity contribution in [1.29, 1.82) is 0 Å². The van der Waals surface area contributed by atoms with E-state index in [9.17, 15) is 14.4 Å². The molecule has 0 rings (SSSR count). The van der Waals surface area contributed by atoms with Gasteiger partial charge in [0.15, 0.2) is 11.6 Å². The van der Waals surface area contributed by atoms with Crippen molar-refractivity contribution in [2.24, 2.45) is 34.6 Å². The minimum atomic E-state index is -1.83. The topological polar surface area (TPSA) is 181 Å². The first-order valence-corrected chi connectivity index (χ1v) is 25.3. The van der Waals surface area contributed by atoms with Crippen molar-refractivity contribution in [2.45, 2.75) is 263 Å². The van der Waals surface area contributed by atoms with Gasteiger partial charge in [0.1, 0.15) is 11.3 Å². The molecule has 0 heterocycles. The molecule has 0 aliphatic carbocycles. The van der Waals surface area contributed by atoms with E-state index in [2.05, 4.69) is 38.2 Å². The fourth-order valence-electron chi connectivity index (χ4n) is 8.20. The van der Waals surface area contributed by atoms with Gasteiger partial charge in [0.25, 0.3) is 0 Å². The van der Waals surface area contributed by atoms with Crippen LogP contribution in [0.25, 0.3) is 0 Å². The maximum atomic E-state index is 14.4. The standard InChI is InChI=1S/C51H99N5O3/c1-3-5-7-9-11-13-15-17-19-21-23-25-27-29-31-37-47(57)41-42-48(55)51(56,50(59)45(35-33-43-52)39-40-46(54)36-34-44-53)49(58)38-32-30-28-26-24-22-20-18-16-14-12-10-8-6-4-2/h17-20,45-46,48H,3-16,21-44,52-56H2,1-2H3. The molecule has 4 atom stereocenters. The number of unbranched alkanes of at least 4 members (excludes halogenated alkanes) is 22. The van der Waals surface area contributed by atoms with E-state index in [1.165, 1.54) is 103 Å². The summed E-state index contributed by atoms with van der Waals surface area (Å²) in [5.41, 5.74) is 29.8. The lowest BCUT2D eigenvalue weighted by Crippen LogP contribution is -2.67. The molecule has 0 aliphatic rings. The number of hydrogen-bond donors (Lipinski definition) is 5. The maximum absolute atomic E-state index is 14.4. The zero-order valence-corrected chi connectivity index (χ0v) is 39.0. The van der Waals surface area contributed by atoms with Crippen LogP contribution < -0.4 is 28.7 Å². The summed E-state index contributed by atoms with van der Waals surface area (Å²) in [6.45, 7) is 5.53. The van der Waals surface area contributed by atoms with E-state index in [0.717, 1.165) is 70.6 Å². The van der Waals surface area contributed by atoms with Gasteiger partial charge in [-0.2, -0.15) is 0 Å². The van der Waals surface area contributed by atoms with Crippen molar-refractivity contribution in [3.05, 3.63) is 24.3 Å². The van der Waals surface area contributed by atoms with E-state index in [-0.39, 0.29) is 42.7 Å². The van der Waals surface area contributed by atoms with Gasteiger partial charge >= 0.3 is 0 Å². The number of carbonyl (C=O) groups is 3. The van der Waals surface area contributed by atoms with Gasteiger partial charge in [-0.05, 0) is 122 Å². The highest BCUT2D eigenvalue weighted by Crippen LogP contribution is 2.27. The molecular weight excluding hydrogens is 731 g/mol. The van der Waals surface area contributed by atoms with E-state index in [1.807, 2.05) is 0 Å². The fraction of sp³-hybridized carbons (Fsp3) is 0.863. The molecule has 10 N–H and O–H groups in total. The Morgan fingerprint density at radius 1 is 0.458 bits per heavy atom. The second kappa shape index (κ2) is 41.6. The Kier molecular flexibility index (Phi) is 40.4. The summed E-state index contributed by atoms with van der Waals surface area (Å²) in [6.07, 6.45) is 45.4. The van der Waals surface area contributed by atoms with Crippen LogP contribution in [0.2, 0.25) is 0 Å². The lowest BCUT2D eigenvalue weighted by molar-refractivity contribution is -0.139. The van der Waals surface area contributed by atoms with Gasteiger partial charge in [-0.15, -0.1) is 0 Å². The second-order valence-corrected chi connectivity index (χ2v) is 17.9. The van der Waals surface area contributed by atoms with Crippen LogP contribution in [0.4, 0.5) is 0 Å². The second-order valence-electron chi connectivity index (χ2n) is 17.9. The molecule has 0 aromatic carbocycles. The molecule has 0 aliphatic heterocycles. The number of nitrogens with two attached hydrogens (primary N) is 5. The van der Waals surface area contributed by atoms with Crippen LogP contribution in [0.15, 0.2) is 24.3 Å². The Morgan fingerprint density at radius 3 is 1.32 bits per heavy atom. The molecule has 0 bridgehead atoms. The molecule has 0 radical (unpaired) electrons. The summed E-state index contributed by atoms with van der Waals surface area (Å²) in [6, 6.07) is -0.997. The zero-order chi connectivity index (χ0) is 43.7. The van der Waals surface area contributed by atoms with Gasteiger partial charge in [0, 0.05) is 37.3 Å². The number of Topliss-reactive ketones (excluding diaryl/α,β-unsaturated/α-hetero) is 3. The number of allylic oxidation sites excluding steroid dienone is 4. The van der Waals surface area contributed by atoms with Crippen LogP contribution in [-0.2, 0) is 14.4 Å². The molecule has 0 saturated carbocycles. The molecule has 0 aromatic rings. The Morgan fingerprint density at radius 2 is 0.864 bits per heavy atom. The highest BCUT2D eigenvalue weighted by atomic mass is 16.2. The first-order valence-electron chi connectivity index (χ1n) is 25.3. The van der Waals surface area contributed by atoms with Crippen molar-refractivity contribution in [3.63, 3.8) is 0 Å². The Balaban J connectivity index is 5.00. The quantitative estimate of drug-likeness (QED) is 0.0228. The number of carbonyl (C=O) groups excluding carboxylic acids is 3. The van der Waals surface area contributed by atoms with Crippen molar-refractivity contribution >= 4 is 17.3 Å². The smallest absolute Gasteiger partial charge is 0.164 e.